The van der Waals surface area contributed by atoms with E-state index in [9.17, 15) is 0 Å². The van der Waals surface area contributed by atoms with E-state index in [1.54, 1.807) is 0 Å². The molecule has 0 heterocycles. The Morgan fingerprint density at radius 2 is 1.42 bits per heavy atom. The van der Waals surface area contributed by atoms with Crippen molar-refractivity contribution in [2.45, 2.75) is 39.4 Å². The molecule has 0 aliphatic carbocycles. The Morgan fingerprint density at radius 3 is 2.00 bits per heavy atom. The second kappa shape index (κ2) is 14.7. The van der Waals surface area contributed by atoms with Crippen LogP contribution in [-0.4, -0.2) is 15.1 Å². The van der Waals surface area contributed by atoms with E-state index >= 15 is 0 Å². The number of halogens is 3. The summed E-state index contributed by atoms with van der Waals surface area (Å²) in [6.07, 6.45) is 0. The number of nitrogens with one attached hydrogen (secondary N) is 1. The minimum absolute atomic E-state index is 0.250. The summed E-state index contributed by atoms with van der Waals surface area (Å²) in [7, 11) is 11.0. The van der Waals surface area contributed by atoms with Gasteiger partial charge in [-0.2, -0.15) is 0 Å². The average Bonchev–Trinajstić information content (AvgIpc) is 3.12. The molecule has 1 N–H and O–H groups in total. The van der Waals surface area contributed by atoms with Crippen molar-refractivity contribution in [3.63, 3.8) is 0 Å². The van der Waals surface area contributed by atoms with E-state index in [-0.39, 0.29) is 5.54 Å². The molecule has 2 radical (unpaired) electrons. The number of hydrogen-bond donors (Lipinski definition) is 0. The molecule has 0 spiro atoms. The molecule has 162 valence electrons. The van der Waals surface area contributed by atoms with Gasteiger partial charge in [-0.1, -0.05) is 104 Å². The molecule has 0 bridgehead atoms. The van der Waals surface area contributed by atoms with Crippen molar-refractivity contribution in [1.82, 2.24) is 0 Å². The molecule has 0 aliphatic heterocycles. The molecule has 0 atom stereocenters. The van der Waals surface area contributed by atoms with E-state index in [2.05, 4.69) is 102 Å². The fourth-order valence-corrected chi connectivity index (χ4v) is 3.33. The van der Waals surface area contributed by atoms with Crippen molar-refractivity contribution < 1.29 is 20.8 Å². The number of hydrogen-bond acceptors (Lipinski definition) is 0. The van der Waals surface area contributed by atoms with Gasteiger partial charge < -0.3 is 5.73 Å². The molecule has 0 saturated carbocycles. The summed E-state index contributed by atoms with van der Waals surface area (Å²) in [6.45, 7) is 9.87. The van der Waals surface area contributed by atoms with Crippen molar-refractivity contribution in [2.24, 2.45) is 0 Å². The van der Waals surface area contributed by atoms with Crippen molar-refractivity contribution in [3.05, 3.63) is 83.0 Å². The Morgan fingerprint density at radius 1 is 0.903 bits per heavy atom. The Labute approximate surface area is 216 Å². The van der Waals surface area contributed by atoms with Gasteiger partial charge in [-0.25, -0.2) is 0 Å². The van der Waals surface area contributed by atoms with E-state index in [1.165, 1.54) is 32.7 Å². The first-order chi connectivity index (χ1) is 14.7. The van der Waals surface area contributed by atoms with E-state index in [1.807, 2.05) is 20.8 Å². The van der Waals surface area contributed by atoms with Crippen LogP contribution < -0.4 is 0 Å². The summed E-state index contributed by atoms with van der Waals surface area (Å²) in [5.74, 6) is 0. The van der Waals surface area contributed by atoms with Crippen LogP contribution in [0.15, 0.2) is 77.3 Å². The fraction of sp³-hybridized carbons (Fsp3) is 0.240. The molecule has 0 aromatic heterocycles. The molecule has 0 amide bonds. The van der Waals surface area contributed by atoms with E-state index in [4.69, 9.17) is 22.8 Å². The summed E-state index contributed by atoms with van der Waals surface area (Å²) in [6, 6.07) is 25.9. The molecule has 4 rings (SSSR count). The molecule has 0 aliphatic rings. The summed E-state index contributed by atoms with van der Waals surface area (Å²) >= 11 is 2.81. The summed E-state index contributed by atoms with van der Waals surface area (Å²) in [5.41, 5.74) is 9.27. The topological polar surface area (TPSA) is 23.8 Å². The first kappa shape index (κ1) is 28.7. The van der Waals surface area contributed by atoms with Gasteiger partial charge in [0.05, 0.1) is 0 Å². The monoisotopic (exact) mass is 609 g/mol. The SMILES string of the molecule is Brc1cccc2c(-c3cc4ccccc4[cH-]3)cccc12.CC(C)(C)[NH-].C[Si]C.[Cl][Zr+2][Cl]. The zero-order chi connectivity index (χ0) is 23.4. The maximum atomic E-state index is 6.94. The Kier molecular flexibility index (Phi) is 13.6. The molecule has 1 nitrogen and oxygen atoms in total. The Balaban J connectivity index is 0.000000370. The third kappa shape index (κ3) is 10.4. The fourth-order valence-electron chi connectivity index (χ4n) is 2.83. The molecule has 0 unspecified atom stereocenters. The van der Waals surface area contributed by atoms with E-state index in [0.717, 1.165) is 14.0 Å². The summed E-state index contributed by atoms with van der Waals surface area (Å²) in [4.78, 5) is 0. The van der Waals surface area contributed by atoms with Gasteiger partial charge in [-0.05, 0) is 16.8 Å². The molecule has 31 heavy (non-hydrogen) atoms. The zero-order valence-electron chi connectivity index (χ0n) is 18.6. The third-order valence-electron chi connectivity index (χ3n) is 3.80. The van der Waals surface area contributed by atoms with E-state index < -0.39 is 20.8 Å². The van der Waals surface area contributed by atoms with Gasteiger partial charge in [0.1, 0.15) is 0 Å². The second-order valence-electron chi connectivity index (χ2n) is 7.83. The maximum absolute atomic E-state index is 6.94. The third-order valence-corrected chi connectivity index (χ3v) is 4.49. The van der Waals surface area contributed by atoms with Crippen LogP contribution in [0.2, 0.25) is 13.1 Å². The van der Waals surface area contributed by atoms with Crippen LogP contribution in [0.1, 0.15) is 20.8 Å². The van der Waals surface area contributed by atoms with Gasteiger partial charge in [0.15, 0.2) is 0 Å². The van der Waals surface area contributed by atoms with Crippen molar-refractivity contribution in [2.75, 3.05) is 0 Å². The quantitative estimate of drug-likeness (QED) is 0.151. The summed E-state index contributed by atoms with van der Waals surface area (Å²) in [5, 5.41) is 5.15. The van der Waals surface area contributed by atoms with Crippen molar-refractivity contribution in [3.8, 4) is 11.1 Å². The van der Waals surface area contributed by atoms with E-state index in [0.29, 0.717) is 0 Å². The van der Waals surface area contributed by atoms with Crippen LogP contribution >= 0.6 is 33.0 Å². The summed E-state index contributed by atoms with van der Waals surface area (Å²) < 4.78 is 1.15. The average molecular weight is 613 g/mol. The Bertz CT molecular complexity index is 1020. The molecule has 0 saturated heterocycles. The molecular formula is C25H28BrCl2NSiZr. The number of fused-ring (bicyclic) bond motifs is 2. The number of rotatable bonds is 1. The van der Waals surface area contributed by atoms with Crippen LogP contribution in [0.3, 0.4) is 0 Å². The normalized spacial score (nSPS) is 10.1. The van der Waals surface area contributed by atoms with Gasteiger partial charge in [-0.3, -0.25) is 0 Å². The first-order valence-electron chi connectivity index (χ1n) is 9.79. The predicted octanol–water partition coefficient (Wildman–Crippen LogP) is 10.1. The van der Waals surface area contributed by atoms with Crippen LogP contribution in [0, 0.1) is 0 Å². The molecule has 0 fully saturated rings. The first-order valence-corrected chi connectivity index (χ1v) is 18.9. The minimum atomic E-state index is -0.826. The van der Waals surface area contributed by atoms with Crippen molar-refractivity contribution >= 4 is 64.0 Å². The number of benzene rings is 3. The molecule has 6 heteroatoms. The van der Waals surface area contributed by atoms with Crippen LogP contribution in [-0.2, 0) is 20.8 Å². The van der Waals surface area contributed by atoms with Crippen molar-refractivity contribution in [1.29, 1.82) is 0 Å². The molecule has 4 aromatic rings. The Hall–Kier alpha value is -0.350. The van der Waals surface area contributed by atoms with Crippen LogP contribution in [0.25, 0.3) is 38.4 Å². The van der Waals surface area contributed by atoms with Crippen LogP contribution in [0.5, 0.6) is 0 Å². The zero-order valence-corrected chi connectivity index (χ0v) is 25.1. The predicted molar refractivity (Wildman–Crippen MR) is 143 cm³/mol. The van der Waals surface area contributed by atoms with Gasteiger partial charge >= 0.3 is 37.9 Å². The van der Waals surface area contributed by atoms with Gasteiger partial charge in [0.25, 0.3) is 0 Å². The standard InChI is InChI=1S/C19H12Br.C4H10N.C2H6Si.2ClH.Zr/c20-19-10-4-8-17-16(7-3-9-18(17)19)15-11-13-5-1-2-6-14(13)12-15;1-4(2,3)5;1-3-2;;;/h1-12H;5H,1-3H3;1-2H3;2*1H;/q2*-1;;;;+4/p-2. The second-order valence-corrected chi connectivity index (χ2v) is 13.4. The molecular weight excluding hydrogens is 584 g/mol. The van der Waals surface area contributed by atoms with Gasteiger partial charge in [-0.15, -0.1) is 40.1 Å². The van der Waals surface area contributed by atoms with Gasteiger partial charge in [0.2, 0.25) is 0 Å². The van der Waals surface area contributed by atoms with Gasteiger partial charge in [0, 0.05) is 14.0 Å². The van der Waals surface area contributed by atoms with Crippen LogP contribution in [0.4, 0.5) is 0 Å². The molecule has 4 aromatic carbocycles.